The van der Waals surface area contributed by atoms with Crippen LogP contribution < -0.4 is 4.74 Å². The number of alkyl halides is 3. The third kappa shape index (κ3) is 4.54. The Morgan fingerprint density at radius 2 is 1.82 bits per heavy atom. The van der Waals surface area contributed by atoms with Gasteiger partial charge in [-0.05, 0) is 41.3 Å². The number of nitrogens with zero attached hydrogens (tertiary/aromatic N) is 8. The highest BCUT2D eigenvalue weighted by molar-refractivity contribution is 9.10. The largest absolute Gasteiger partial charge is 0.480 e. The second-order valence-corrected chi connectivity index (χ2v) is 10.2. The van der Waals surface area contributed by atoms with E-state index in [0.29, 0.717) is 39.0 Å². The Balaban J connectivity index is 1.38. The number of hydrogen-bond acceptors (Lipinski definition) is 7. The molecule has 1 atom stereocenters. The normalized spacial score (nSPS) is 14.6. The molecule has 4 aromatic heterocycles. The van der Waals surface area contributed by atoms with E-state index in [1.165, 1.54) is 10.9 Å². The van der Waals surface area contributed by atoms with Gasteiger partial charge in [0.1, 0.15) is 22.3 Å². The summed E-state index contributed by atoms with van der Waals surface area (Å²) in [6.07, 6.45) is 1.77. The molecule has 9 nitrogen and oxygen atoms in total. The predicted molar refractivity (Wildman–Crippen MR) is 140 cm³/mol. The van der Waals surface area contributed by atoms with E-state index >= 15 is 0 Å². The monoisotopic (exact) mass is 598 g/mol. The van der Waals surface area contributed by atoms with Crippen LogP contribution in [0.4, 0.5) is 13.2 Å². The highest BCUT2D eigenvalue weighted by atomic mass is 79.9. The molecule has 39 heavy (non-hydrogen) atoms. The van der Waals surface area contributed by atoms with Crippen LogP contribution in [0.3, 0.4) is 0 Å². The van der Waals surface area contributed by atoms with Gasteiger partial charge in [0.2, 0.25) is 5.88 Å². The van der Waals surface area contributed by atoms with Crippen LogP contribution in [-0.4, -0.2) is 46.4 Å². The molecule has 200 valence electrons. The van der Waals surface area contributed by atoms with E-state index in [2.05, 4.69) is 41.0 Å². The number of hydrogen-bond donors (Lipinski definition) is 0. The average Bonchev–Trinajstić information content (AvgIpc) is 3.62. The maximum Gasteiger partial charge on any atom is 0.434 e. The molecular weight excluding hydrogens is 577 g/mol. The highest BCUT2D eigenvalue weighted by Gasteiger charge is 2.35. The summed E-state index contributed by atoms with van der Waals surface area (Å²) in [6.45, 7) is 1.97. The third-order valence-electron chi connectivity index (χ3n) is 6.81. The van der Waals surface area contributed by atoms with E-state index in [4.69, 9.17) is 9.72 Å². The van der Waals surface area contributed by atoms with Gasteiger partial charge in [-0.2, -0.15) is 18.3 Å². The summed E-state index contributed by atoms with van der Waals surface area (Å²) in [5.41, 5.74) is 2.70. The van der Waals surface area contributed by atoms with Crippen molar-refractivity contribution >= 4 is 27.0 Å². The lowest BCUT2D eigenvalue weighted by atomic mass is 10.1. The molecule has 1 aromatic carbocycles. The first-order valence-electron chi connectivity index (χ1n) is 12.2. The van der Waals surface area contributed by atoms with E-state index < -0.39 is 11.9 Å². The van der Waals surface area contributed by atoms with Gasteiger partial charge in [-0.3, -0.25) is 0 Å². The van der Waals surface area contributed by atoms with Gasteiger partial charge in [0, 0.05) is 30.9 Å². The zero-order chi connectivity index (χ0) is 27.5. The number of fused-ring (bicyclic) bond motifs is 1. The smallest absolute Gasteiger partial charge is 0.434 e. The number of aromatic nitrogens is 8. The van der Waals surface area contributed by atoms with Crippen molar-refractivity contribution in [3.63, 3.8) is 0 Å². The second-order valence-electron chi connectivity index (χ2n) is 9.44. The van der Waals surface area contributed by atoms with Crippen molar-refractivity contribution in [2.75, 3.05) is 7.11 Å². The van der Waals surface area contributed by atoms with Gasteiger partial charge in [-0.25, -0.2) is 29.6 Å². The van der Waals surface area contributed by atoms with Gasteiger partial charge in [0.05, 0.1) is 24.2 Å². The van der Waals surface area contributed by atoms with Crippen molar-refractivity contribution < 1.29 is 17.9 Å². The second kappa shape index (κ2) is 9.40. The first-order chi connectivity index (χ1) is 18.7. The molecule has 13 heteroatoms. The van der Waals surface area contributed by atoms with Crippen LogP contribution in [0.25, 0.3) is 33.8 Å². The molecule has 1 aliphatic rings. The topological polar surface area (TPSA) is 96.4 Å². The minimum atomic E-state index is -4.50. The molecule has 0 N–H and O–H groups in total. The lowest BCUT2D eigenvalue weighted by molar-refractivity contribution is -0.140. The maximum atomic E-state index is 13.1. The summed E-state index contributed by atoms with van der Waals surface area (Å²) in [6, 6.07) is 6.96. The first kappa shape index (κ1) is 25.4. The molecule has 0 unspecified atom stereocenters. The van der Waals surface area contributed by atoms with E-state index in [1.54, 1.807) is 37.2 Å². The molecule has 0 radical (unpaired) electrons. The van der Waals surface area contributed by atoms with Crippen LogP contribution in [0, 0.1) is 0 Å². The van der Waals surface area contributed by atoms with Crippen LogP contribution in [0.1, 0.15) is 48.7 Å². The number of imidazole rings is 1. The van der Waals surface area contributed by atoms with Crippen molar-refractivity contribution in [2.45, 2.75) is 37.9 Å². The third-order valence-corrected chi connectivity index (χ3v) is 7.40. The number of aryl methyl sites for hydroxylation is 1. The minimum absolute atomic E-state index is 0.233. The van der Waals surface area contributed by atoms with E-state index in [1.807, 2.05) is 19.1 Å². The summed E-state index contributed by atoms with van der Waals surface area (Å²) in [4.78, 5) is 22.0. The van der Waals surface area contributed by atoms with Crippen molar-refractivity contribution in [2.24, 2.45) is 7.05 Å². The molecule has 1 aliphatic carbocycles. The molecule has 0 amide bonds. The molecule has 1 fully saturated rings. The number of halogens is 4. The molecule has 6 rings (SSSR count). The lowest BCUT2D eigenvalue weighted by Gasteiger charge is -2.15. The van der Waals surface area contributed by atoms with Gasteiger partial charge in [0.15, 0.2) is 17.2 Å². The SMILES string of the molecule is COc1ncnc(C2CC2)c1-c1ncc2c(Br)nn([C@@H](C)c3ccc(-c4nc(C(F)(F)F)cn4C)cc3)c2n1. The number of benzene rings is 1. The quantitative estimate of drug-likeness (QED) is 0.238. The molecule has 0 saturated heterocycles. The zero-order valence-electron chi connectivity index (χ0n) is 21.1. The summed E-state index contributed by atoms with van der Waals surface area (Å²) >= 11 is 3.52. The van der Waals surface area contributed by atoms with Crippen molar-refractivity contribution in [3.8, 4) is 28.7 Å². The first-order valence-corrected chi connectivity index (χ1v) is 13.0. The summed E-state index contributed by atoms with van der Waals surface area (Å²) in [5, 5.41) is 5.40. The summed E-state index contributed by atoms with van der Waals surface area (Å²) < 4.78 is 48.6. The van der Waals surface area contributed by atoms with Gasteiger partial charge >= 0.3 is 6.18 Å². The molecule has 0 bridgehead atoms. The van der Waals surface area contributed by atoms with Crippen molar-refractivity contribution in [1.82, 2.24) is 39.3 Å². The Morgan fingerprint density at radius 1 is 1.08 bits per heavy atom. The molecule has 5 aromatic rings. The van der Waals surface area contributed by atoms with Crippen LogP contribution in [-0.2, 0) is 13.2 Å². The van der Waals surface area contributed by atoms with Gasteiger partial charge in [-0.15, -0.1) is 0 Å². The molecular formula is C26H22BrF3N8O. The van der Waals surface area contributed by atoms with E-state index in [9.17, 15) is 13.2 Å². The Bertz CT molecular complexity index is 1690. The van der Waals surface area contributed by atoms with E-state index in [-0.39, 0.29) is 11.9 Å². The Labute approximate surface area is 229 Å². The van der Waals surface area contributed by atoms with Crippen LogP contribution in [0.15, 0.2) is 47.6 Å². The van der Waals surface area contributed by atoms with Crippen LogP contribution in [0.2, 0.25) is 0 Å². The lowest BCUT2D eigenvalue weighted by Crippen LogP contribution is -2.10. The van der Waals surface area contributed by atoms with Crippen LogP contribution in [0.5, 0.6) is 5.88 Å². The molecule has 0 aliphatic heterocycles. The van der Waals surface area contributed by atoms with E-state index in [0.717, 1.165) is 35.7 Å². The molecule has 4 heterocycles. The number of ether oxygens (including phenoxy) is 1. The average molecular weight is 599 g/mol. The fraction of sp³-hybridized carbons (Fsp3) is 0.308. The standard InChI is InChI=1S/C26H22BrF3N8O/c1-13(14-4-8-16(9-5-14)23-34-18(11-37(23)2)26(28,29)30)38-24-17(21(27)36-38)10-31-22(35-24)19-20(15-6-7-15)32-12-33-25(19)39-3/h4-5,8-13,15H,6-7H2,1-3H3/t13-/m0/s1. The van der Waals surface area contributed by atoms with Crippen LogP contribution >= 0.6 is 15.9 Å². The number of rotatable bonds is 6. The van der Waals surface area contributed by atoms with Gasteiger partial charge in [0.25, 0.3) is 0 Å². The Morgan fingerprint density at radius 3 is 2.46 bits per heavy atom. The summed E-state index contributed by atoms with van der Waals surface area (Å²) in [7, 11) is 3.10. The Hall–Kier alpha value is -3.87. The predicted octanol–water partition coefficient (Wildman–Crippen LogP) is 5.96. The molecule has 1 saturated carbocycles. The zero-order valence-corrected chi connectivity index (χ0v) is 22.7. The minimum Gasteiger partial charge on any atom is -0.480 e. The van der Waals surface area contributed by atoms with Crippen molar-refractivity contribution in [3.05, 3.63) is 64.5 Å². The van der Waals surface area contributed by atoms with Gasteiger partial charge in [-0.1, -0.05) is 24.3 Å². The van der Waals surface area contributed by atoms with Gasteiger partial charge < -0.3 is 9.30 Å². The number of methoxy groups -OCH3 is 1. The fourth-order valence-electron chi connectivity index (χ4n) is 4.62. The molecule has 0 spiro atoms. The fourth-order valence-corrected chi connectivity index (χ4v) is 5.07. The summed E-state index contributed by atoms with van der Waals surface area (Å²) in [5.74, 6) is 1.43. The van der Waals surface area contributed by atoms with Crippen molar-refractivity contribution in [1.29, 1.82) is 0 Å². The maximum absolute atomic E-state index is 13.1. The highest BCUT2D eigenvalue weighted by Crippen LogP contribution is 2.45. The Kier molecular flexibility index (Phi) is 6.12.